The molecular formula is C13H22NO. The number of rotatable bonds is 2. The van der Waals surface area contributed by atoms with Crippen molar-refractivity contribution in [3.05, 3.63) is 0 Å². The zero-order chi connectivity index (χ0) is 10.3. The Balaban J connectivity index is 1.49. The minimum absolute atomic E-state index is 0.259. The van der Waals surface area contributed by atoms with Gasteiger partial charge in [-0.15, -0.1) is 0 Å². The monoisotopic (exact) mass is 208 g/mol. The number of piperidine rings is 1. The van der Waals surface area contributed by atoms with Crippen molar-refractivity contribution in [1.29, 1.82) is 0 Å². The maximum Gasteiger partial charge on any atom is 0.0954 e. The van der Waals surface area contributed by atoms with Crippen LogP contribution in [0.5, 0.6) is 0 Å². The van der Waals surface area contributed by atoms with Crippen LogP contribution in [-0.2, 0) is 5.11 Å². The van der Waals surface area contributed by atoms with Gasteiger partial charge in [-0.25, -0.2) is 5.11 Å². The van der Waals surface area contributed by atoms with E-state index in [1.54, 1.807) is 0 Å². The van der Waals surface area contributed by atoms with Crippen molar-refractivity contribution in [1.82, 2.24) is 4.90 Å². The van der Waals surface area contributed by atoms with E-state index >= 15 is 0 Å². The first-order chi connectivity index (χ1) is 7.34. The van der Waals surface area contributed by atoms with Gasteiger partial charge in [0.25, 0.3) is 0 Å². The molecule has 3 aliphatic rings. The molecule has 0 spiro atoms. The Morgan fingerprint density at radius 1 is 0.933 bits per heavy atom. The number of nitrogens with zero attached hydrogens (tertiary/aromatic N) is 1. The van der Waals surface area contributed by atoms with Crippen molar-refractivity contribution in [3.63, 3.8) is 0 Å². The highest BCUT2D eigenvalue weighted by Gasteiger charge is 2.47. The van der Waals surface area contributed by atoms with Gasteiger partial charge in [0.1, 0.15) is 0 Å². The summed E-state index contributed by atoms with van der Waals surface area (Å²) in [6.07, 6.45) is 8.88. The van der Waals surface area contributed by atoms with Gasteiger partial charge in [0.15, 0.2) is 0 Å². The van der Waals surface area contributed by atoms with E-state index in [-0.39, 0.29) is 6.10 Å². The lowest BCUT2D eigenvalue weighted by Crippen LogP contribution is -2.38. The molecule has 2 unspecified atom stereocenters. The first-order valence-electron chi connectivity index (χ1n) is 6.74. The lowest BCUT2D eigenvalue weighted by Gasteiger charge is -2.29. The summed E-state index contributed by atoms with van der Waals surface area (Å²) in [5.74, 6) is 2.05. The summed E-state index contributed by atoms with van der Waals surface area (Å²) in [5.41, 5.74) is 0. The van der Waals surface area contributed by atoms with Crippen molar-refractivity contribution in [2.75, 3.05) is 13.1 Å². The molecule has 3 fully saturated rings. The van der Waals surface area contributed by atoms with Crippen LogP contribution in [0.3, 0.4) is 0 Å². The molecule has 1 saturated heterocycles. The Hall–Kier alpha value is -0.0800. The largest absolute Gasteiger partial charge is 0.300 e. The van der Waals surface area contributed by atoms with E-state index in [0.717, 1.165) is 43.8 Å². The third-order valence-corrected chi connectivity index (χ3v) is 4.76. The predicted octanol–water partition coefficient (Wildman–Crippen LogP) is 2.46. The van der Waals surface area contributed by atoms with Gasteiger partial charge >= 0.3 is 0 Å². The highest BCUT2D eigenvalue weighted by atomic mass is 16.3. The van der Waals surface area contributed by atoms with Crippen LogP contribution in [0.4, 0.5) is 0 Å². The molecule has 2 saturated carbocycles. The molecule has 2 atom stereocenters. The molecule has 0 amide bonds. The molecule has 0 N–H and O–H groups in total. The van der Waals surface area contributed by atoms with Crippen molar-refractivity contribution < 1.29 is 5.11 Å². The summed E-state index contributed by atoms with van der Waals surface area (Å²) in [4.78, 5) is 2.61. The minimum Gasteiger partial charge on any atom is -0.300 e. The Morgan fingerprint density at radius 3 is 2.27 bits per heavy atom. The lowest BCUT2D eigenvalue weighted by molar-refractivity contribution is 0.0234. The van der Waals surface area contributed by atoms with E-state index in [9.17, 15) is 5.11 Å². The van der Waals surface area contributed by atoms with Gasteiger partial charge in [-0.1, -0.05) is 25.7 Å². The van der Waals surface area contributed by atoms with E-state index in [2.05, 4.69) is 4.90 Å². The van der Waals surface area contributed by atoms with Crippen molar-refractivity contribution in [3.8, 4) is 0 Å². The van der Waals surface area contributed by atoms with Crippen LogP contribution in [0.1, 0.15) is 44.9 Å². The number of hydrogen-bond acceptors (Lipinski definition) is 1. The smallest absolute Gasteiger partial charge is 0.0954 e. The zero-order valence-corrected chi connectivity index (χ0v) is 9.53. The number of hydrogen-bond donors (Lipinski definition) is 0. The molecule has 0 aromatic rings. The topological polar surface area (TPSA) is 23.1 Å². The molecule has 1 radical (unpaired) electrons. The molecular weight excluding hydrogens is 186 g/mol. The fourth-order valence-corrected chi connectivity index (χ4v) is 3.72. The van der Waals surface area contributed by atoms with Crippen LogP contribution < -0.4 is 0 Å². The summed E-state index contributed by atoms with van der Waals surface area (Å²) < 4.78 is 0. The molecule has 2 heteroatoms. The van der Waals surface area contributed by atoms with Crippen LogP contribution in [-0.4, -0.2) is 30.1 Å². The summed E-state index contributed by atoms with van der Waals surface area (Å²) >= 11 is 0. The van der Waals surface area contributed by atoms with Crippen LogP contribution in [0.25, 0.3) is 0 Å². The quantitative estimate of drug-likeness (QED) is 0.683. The molecule has 2 aliphatic carbocycles. The van der Waals surface area contributed by atoms with Crippen molar-refractivity contribution in [2.45, 2.75) is 57.1 Å². The second-order valence-electron chi connectivity index (χ2n) is 5.75. The summed E-state index contributed by atoms with van der Waals surface area (Å²) in [6.45, 7) is 2.17. The van der Waals surface area contributed by atoms with Gasteiger partial charge in [-0.05, 0) is 31.1 Å². The van der Waals surface area contributed by atoms with Crippen molar-refractivity contribution >= 4 is 0 Å². The molecule has 15 heavy (non-hydrogen) atoms. The molecule has 85 valence electrons. The van der Waals surface area contributed by atoms with Crippen LogP contribution >= 0.6 is 0 Å². The Bertz CT molecular complexity index is 217. The fourth-order valence-electron chi connectivity index (χ4n) is 3.72. The number of likely N-dealkylation sites (tertiary alicyclic amines) is 1. The highest BCUT2D eigenvalue weighted by molar-refractivity contribution is 5.00. The third-order valence-electron chi connectivity index (χ3n) is 4.76. The molecule has 0 aromatic carbocycles. The van der Waals surface area contributed by atoms with Crippen LogP contribution in [0, 0.1) is 11.8 Å². The molecule has 2 nitrogen and oxygen atoms in total. The molecule has 1 aliphatic heterocycles. The normalized spacial score (nSPS) is 39.8. The minimum atomic E-state index is -0.259. The Labute approximate surface area is 92.7 Å². The standard InChI is InChI=1S/C13H22NO/c15-11-5-7-14(8-6-11)13-9-12(13)10-3-1-2-4-10/h10-13H,1-9H2. The first-order valence-corrected chi connectivity index (χ1v) is 6.74. The van der Waals surface area contributed by atoms with Gasteiger partial charge in [-0.3, -0.25) is 4.90 Å². The first kappa shape index (κ1) is 10.1. The SMILES string of the molecule is [O]C1CCN(C2CC2C2CCCC2)CC1. The highest BCUT2D eigenvalue weighted by Crippen LogP contribution is 2.48. The Morgan fingerprint density at radius 2 is 1.60 bits per heavy atom. The van der Waals surface area contributed by atoms with E-state index in [1.807, 2.05) is 0 Å². The summed E-state index contributed by atoms with van der Waals surface area (Å²) in [6, 6.07) is 0.876. The average Bonchev–Trinajstić information content (AvgIpc) is 2.87. The van der Waals surface area contributed by atoms with E-state index in [0.29, 0.717) is 0 Å². The van der Waals surface area contributed by atoms with E-state index in [4.69, 9.17) is 0 Å². The van der Waals surface area contributed by atoms with Gasteiger partial charge in [0.2, 0.25) is 0 Å². The molecule has 3 rings (SSSR count). The van der Waals surface area contributed by atoms with E-state index in [1.165, 1.54) is 32.1 Å². The molecule has 0 aromatic heterocycles. The molecule has 1 heterocycles. The van der Waals surface area contributed by atoms with E-state index < -0.39 is 0 Å². The summed E-state index contributed by atoms with van der Waals surface area (Å²) in [7, 11) is 0. The maximum absolute atomic E-state index is 11.2. The Kier molecular flexibility index (Phi) is 2.73. The fraction of sp³-hybridized carbons (Fsp3) is 1.00. The third kappa shape index (κ3) is 2.07. The predicted molar refractivity (Wildman–Crippen MR) is 59.1 cm³/mol. The molecule has 0 bridgehead atoms. The van der Waals surface area contributed by atoms with Gasteiger partial charge in [0, 0.05) is 19.1 Å². The lowest BCUT2D eigenvalue weighted by atomic mass is 10.0. The van der Waals surface area contributed by atoms with Crippen LogP contribution in [0.15, 0.2) is 0 Å². The van der Waals surface area contributed by atoms with Gasteiger partial charge in [0.05, 0.1) is 6.10 Å². The van der Waals surface area contributed by atoms with Gasteiger partial charge < -0.3 is 0 Å². The van der Waals surface area contributed by atoms with Gasteiger partial charge in [-0.2, -0.15) is 0 Å². The maximum atomic E-state index is 11.2. The zero-order valence-electron chi connectivity index (χ0n) is 9.53. The van der Waals surface area contributed by atoms with Crippen LogP contribution in [0.2, 0.25) is 0 Å². The second kappa shape index (κ2) is 4.06. The summed E-state index contributed by atoms with van der Waals surface area (Å²) in [5, 5.41) is 11.2. The average molecular weight is 208 g/mol. The van der Waals surface area contributed by atoms with Crippen molar-refractivity contribution in [2.24, 2.45) is 11.8 Å². The second-order valence-corrected chi connectivity index (χ2v) is 5.75.